The number of nitrogens with two attached hydrogens (primary N) is 1. The molecule has 0 aliphatic carbocycles. The molecule has 0 saturated heterocycles. The highest BCUT2D eigenvalue weighted by atomic mass is 19.1. The molecule has 1 heterocycles. The highest BCUT2D eigenvalue weighted by Crippen LogP contribution is 2.32. The van der Waals surface area contributed by atoms with Crippen molar-refractivity contribution in [2.24, 2.45) is 5.73 Å². The van der Waals surface area contributed by atoms with Crippen LogP contribution in [0.3, 0.4) is 0 Å². The summed E-state index contributed by atoms with van der Waals surface area (Å²) in [6.07, 6.45) is 1.54. The van der Waals surface area contributed by atoms with Crippen molar-refractivity contribution in [1.82, 2.24) is 15.1 Å². The average Bonchev–Trinajstić information content (AvgIpc) is 3.41. The van der Waals surface area contributed by atoms with E-state index in [9.17, 15) is 14.0 Å². The molecule has 3 N–H and O–H groups in total. The zero-order chi connectivity index (χ0) is 24.8. The van der Waals surface area contributed by atoms with Crippen LogP contribution in [0.1, 0.15) is 24.2 Å². The number of halogens is 1. The fourth-order valence-electron chi connectivity index (χ4n) is 3.80. The fourth-order valence-corrected chi connectivity index (χ4v) is 3.80. The second-order valence-corrected chi connectivity index (χ2v) is 7.96. The SMILES string of the molecule is CCN(CC(N)=O)C(=O)OC(c1cn[nH]c1)c1ccc(F)c(-c2ccc(-c3ccccc3)cc2)c1. The lowest BCUT2D eigenvalue weighted by Crippen LogP contribution is -2.39. The lowest BCUT2D eigenvalue weighted by molar-refractivity contribution is -0.119. The minimum atomic E-state index is -0.869. The molecule has 35 heavy (non-hydrogen) atoms. The van der Waals surface area contributed by atoms with E-state index in [0.717, 1.165) is 11.1 Å². The first kappa shape index (κ1) is 23.7. The molecule has 0 saturated carbocycles. The maximum Gasteiger partial charge on any atom is 0.411 e. The van der Waals surface area contributed by atoms with Gasteiger partial charge in [0.1, 0.15) is 12.4 Å². The van der Waals surface area contributed by atoms with Crippen molar-refractivity contribution in [2.45, 2.75) is 13.0 Å². The lowest BCUT2D eigenvalue weighted by atomic mass is 9.96. The zero-order valence-electron chi connectivity index (χ0n) is 19.1. The third-order valence-electron chi connectivity index (χ3n) is 5.62. The molecule has 8 heteroatoms. The number of benzene rings is 3. The summed E-state index contributed by atoms with van der Waals surface area (Å²) in [6, 6.07) is 22.1. The number of aromatic nitrogens is 2. The molecule has 0 aliphatic heterocycles. The second kappa shape index (κ2) is 10.6. The second-order valence-electron chi connectivity index (χ2n) is 7.96. The van der Waals surface area contributed by atoms with Crippen LogP contribution in [0.25, 0.3) is 22.3 Å². The number of amides is 2. The van der Waals surface area contributed by atoms with E-state index in [2.05, 4.69) is 10.2 Å². The summed E-state index contributed by atoms with van der Waals surface area (Å²) in [5.74, 6) is -1.05. The average molecular weight is 473 g/mol. The Morgan fingerprint density at radius 2 is 1.69 bits per heavy atom. The standard InChI is InChI=1S/C27H25FN4O3/c1-2-32(17-25(29)33)27(34)35-26(22-15-30-31-16-22)21-12-13-24(28)23(14-21)20-10-8-19(9-11-20)18-6-4-3-5-7-18/h3-16,26H,2,17H2,1H3,(H2,29,33)(H,30,31). The Kier molecular flexibility index (Phi) is 7.21. The Hall–Kier alpha value is -4.46. The Labute approximate surface area is 202 Å². The van der Waals surface area contributed by atoms with E-state index in [0.29, 0.717) is 22.3 Å². The Bertz CT molecular complexity index is 1290. The minimum absolute atomic E-state index is 0.238. The fraction of sp³-hybridized carbons (Fsp3) is 0.148. The van der Waals surface area contributed by atoms with Crippen molar-refractivity contribution in [3.8, 4) is 22.3 Å². The minimum Gasteiger partial charge on any atom is -0.436 e. The molecule has 1 unspecified atom stereocenters. The van der Waals surface area contributed by atoms with E-state index < -0.39 is 23.9 Å². The van der Waals surface area contributed by atoms with Crippen LogP contribution in [0.4, 0.5) is 9.18 Å². The van der Waals surface area contributed by atoms with Crippen LogP contribution in [0.15, 0.2) is 85.2 Å². The molecule has 0 bridgehead atoms. The van der Waals surface area contributed by atoms with Crippen molar-refractivity contribution in [1.29, 1.82) is 0 Å². The van der Waals surface area contributed by atoms with Gasteiger partial charge in [-0.25, -0.2) is 9.18 Å². The molecule has 1 atom stereocenters. The third kappa shape index (κ3) is 5.55. The quantitative estimate of drug-likeness (QED) is 0.380. The van der Waals surface area contributed by atoms with Crippen LogP contribution < -0.4 is 5.73 Å². The summed E-state index contributed by atoms with van der Waals surface area (Å²) >= 11 is 0. The number of likely N-dealkylation sites (N-methyl/N-ethyl adjacent to an activating group) is 1. The first-order valence-electron chi connectivity index (χ1n) is 11.1. The molecule has 7 nitrogen and oxygen atoms in total. The van der Waals surface area contributed by atoms with Gasteiger partial charge in [-0.15, -0.1) is 0 Å². The maximum atomic E-state index is 14.9. The Morgan fingerprint density at radius 1 is 1.00 bits per heavy atom. The first-order chi connectivity index (χ1) is 17.0. The number of carbonyl (C=O) groups is 2. The van der Waals surface area contributed by atoms with Gasteiger partial charge in [0.15, 0.2) is 6.10 Å². The number of ether oxygens (including phenoxy) is 1. The van der Waals surface area contributed by atoms with Crippen molar-refractivity contribution in [2.75, 3.05) is 13.1 Å². The summed E-state index contributed by atoms with van der Waals surface area (Å²) in [5.41, 5.74) is 9.52. The molecular formula is C27H25FN4O3. The summed E-state index contributed by atoms with van der Waals surface area (Å²) < 4.78 is 20.6. The molecule has 1 aromatic heterocycles. The number of nitrogens with one attached hydrogen (secondary N) is 1. The molecule has 2 amide bonds. The smallest absolute Gasteiger partial charge is 0.411 e. The van der Waals surface area contributed by atoms with Gasteiger partial charge in [-0.2, -0.15) is 5.10 Å². The van der Waals surface area contributed by atoms with Crippen molar-refractivity contribution >= 4 is 12.0 Å². The van der Waals surface area contributed by atoms with E-state index in [1.54, 1.807) is 25.3 Å². The van der Waals surface area contributed by atoms with Crippen LogP contribution in [0, 0.1) is 5.82 Å². The van der Waals surface area contributed by atoms with Gasteiger partial charge >= 0.3 is 6.09 Å². The van der Waals surface area contributed by atoms with E-state index in [1.807, 2.05) is 54.6 Å². The van der Waals surface area contributed by atoms with Gasteiger partial charge in [-0.3, -0.25) is 14.8 Å². The molecule has 0 spiro atoms. The normalized spacial score (nSPS) is 11.6. The van der Waals surface area contributed by atoms with Crippen LogP contribution in [0.2, 0.25) is 0 Å². The number of nitrogens with zero attached hydrogens (tertiary/aromatic N) is 2. The van der Waals surface area contributed by atoms with E-state index in [4.69, 9.17) is 10.5 Å². The monoisotopic (exact) mass is 472 g/mol. The van der Waals surface area contributed by atoms with Gasteiger partial charge < -0.3 is 10.5 Å². The van der Waals surface area contributed by atoms with Crippen LogP contribution in [-0.2, 0) is 9.53 Å². The van der Waals surface area contributed by atoms with Gasteiger partial charge in [-0.05, 0) is 41.3 Å². The van der Waals surface area contributed by atoms with Gasteiger partial charge in [0.25, 0.3) is 0 Å². The van der Waals surface area contributed by atoms with Gasteiger partial charge in [-0.1, -0.05) is 60.7 Å². The summed E-state index contributed by atoms with van der Waals surface area (Å²) in [4.78, 5) is 25.3. The number of H-pyrrole nitrogens is 1. The lowest BCUT2D eigenvalue weighted by Gasteiger charge is -2.24. The number of hydrogen-bond acceptors (Lipinski definition) is 4. The molecule has 4 aromatic rings. The molecule has 178 valence electrons. The van der Waals surface area contributed by atoms with Gasteiger partial charge in [0, 0.05) is 23.9 Å². The number of hydrogen-bond donors (Lipinski definition) is 2. The predicted molar refractivity (Wildman–Crippen MR) is 131 cm³/mol. The largest absolute Gasteiger partial charge is 0.436 e. The predicted octanol–water partition coefficient (Wildman–Crippen LogP) is 4.92. The molecule has 3 aromatic carbocycles. The van der Waals surface area contributed by atoms with E-state index in [1.165, 1.54) is 17.2 Å². The maximum absolute atomic E-state index is 14.9. The van der Waals surface area contributed by atoms with Gasteiger partial charge in [0.2, 0.25) is 5.91 Å². The van der Waals surface area contributed by atoms with Crippen LogP contribution in [0.5, 0.6) is 0 Å². The van der Waals surface area contributed by atoms with E-state index >= 15 is 0 Å². The Morgan fingerprint density at radius 3 is 2.31 bits per heavy atom. The van der Waals surface area contributed by atoms with Crippen molar-refractivity contribution < 1.29 is 18.7 Å². The summed E-state index contributed by atoms with van der Waals surface area (Å²) in [6.45, 7) is 1.68. The number of aromatic amines is 1. The van der Waals surface area contributed by atoms with E-state index in [-0.39, 0.29) is 13.1 Å². The summed E-state index contributed by atoms with van der Waals surface area (Å²) in [7, 11) is 0. The Balaban J connectivity index is 1.66. The molecule has 0 fully saturated rings. The van der Waals surface area contributed by atoms with Crippen LogP contribution >= 0.6 is 0 Å². The zero-order valence-corrected chi connectivity index (χ0v) is 19.1. The molecule has 0 radical (unpaired) electrons. The summed E-state index contributed by atoms with van der Waals surface area (Å²) in [5, 5.41) is 6.65. The van der Waals surface area contributed by atoms with Gasteiger partial charge in [0.05, 0.1) is 6.20 Å². The highest BCUT2D eigenvalue weighted by Gasteiger charge is 2.25. The van der Waals surface area contributed by atoms with Crippen LogP contribution in [-0.4, -0.2) is 40.2 Å². The molecule has 4 rings (SSSR count). The highest BCUT2D eigenvalue weighted by molar-refractivity contribution is 5.81. The molecular weight excluding hydrogens is 447 g/mol. The number of rotatable bonds is 8. The third-order valence-corrected chi connectivity index (χ3v) is 5.62. The van der Waals surface area contributed by atoms with Crippen molar-refractivity contribution in [3.63, 3.8) is 0 Å². The molecule has 0 aliphatic rings. The topological polar surface area (TPSA) is 101 Å². The van der Waals surface area contributed by atoms with Crippen molar-refractivity contribution in [3.05, 3.63) is 102 Å². The first-order valence-corrected chi connectivity index (χ1v) is 11.1. The number of primary amides is 1. The number of carbonyl (C=O) groups excluding carboxylic acids is 2.